The van der Waals surface area contributed by atoms with Gasteiger partial charge in [-0.15, -0.1) is 0 Å². The summed E-state index contributed by atoms with van der Waals surface area (Å²) in [6.07, 6.45) is 0. The van der Waals surface area contributed by atoms with Crippen molar-refractivity contribution in [1.29, 1.82) is 0 Å². The van der Waals surface area contributed by atoms with E-state index in [2.05, 4.69) is 0 Å². The average Bonchev–Trinajstić information content (AvgIpc) is 2.46. The smallest absolute Gasteiger partial charge is 0.243 e. The normalized spacial score (nSPS) is 11.8. The summed E-state index contributed by atoms with van der Waals surface area (Å²) in [5, 5.41) is 0.504. The fourth-order valence-corrected chi connectivity index (χ4v) is 3.54. The van der Waals surface area contributed by atoms with Crippen molar-refractivity contribution < 1.29 is 8.42 Å². The molecule has 2 aromatic rings. The molecular formula is C15H17ClN2O2S. The van der Waals surface area contributed by atoms with Crippen LogP contribution in [-0.4, -0.2) is 19.3 Å². The van der Waals surface area contributed by atoms with E-state index in [4.69, 9.17) is 17.3 Å². The van der Waals surface area contributed by atoms with Crippen LogP contribution < -0.4 is 5.73 Å². The molecule has 0 saturated heterocycles. The fourth-order valence-electron chi connectivity index (χ4n) is 1.99. The molecule has 0 amide bonds. The van der Waals surface area contributed by atoms with Crippen molar-refractivity contribution in [2.45, 2.75) is 18.4 Å². The van der Waals surface area contributed by atoms with Crippen molar-refractivity contribution in [3.05, 3.63) is 59.1 Å². The largest absolute Gasteiger partial charge is 0.398 e. The van der Waals surface area contributed by atoms with Gasteiger partial charge in [0.05, 0.1) is 4.90 Å². The minimum atomic E-state index is -3.56. The van der Waals surface area contributed by atoms with Crippen molar-refractivity contribution >= 4 is 27.3 Å². The number of hydrogen-bond donors (Lipinski definition) is 1. The average molecular weight is 325 g/mol. The lowest BCUT2D eigenvalue weighted by Gasteiger charge is -2.21. The number of anilines is 1. The van der Waals surface area contributed by atoms with Crippen LogP contribution in [0, 0.1) is 0 Å². The van der Waals surface area contributed by atoms with Crippen LogP contribution in [0.25, 0.3) is 0 Å². The molecule has 2 N–H and O–H groups in total. The van der Waals surface area contributed by atoms with Gasteiger partial charge in [-0.05, 0) is 35.9 Å². The molecule has 0 radical (unpaired) electrons. The standard InChI is InChI=1S/C15H17ClN2O2S/c1-2-18(11-12-5-3-4-6-15(12)17)21(19,20)14-9-7-13(16)8-10-14/h3-10H,2,11,17H2,1H3. The third kappa shape index (κ3) is 3.56. The Hall–Kier alpha value is -1.56. The monoisotopic (exact) mass is 324 g/mol. The van der Waals surface area contributed by atoms with Crippen LogP contribution >= 0.6 is 11.6 Å². The molecule has 0 spiro atoms. The third-order valence-electron chi connectivity index (χ3n) is 3.21. The molecule has 0 aliphatic heterocycles. The third-order valence-corrected chi connectivity index (χ3v) is 5.39. The Morgan fingerprint density at radius 2 is 1.71 bits per heavy atom. The summed E-state index contributed by atoms with van der Waals surface area (Å²) in [6.45, 7) is 2.40. The molecule has 0 atom stereocenters. The summed E-state index contributed by atoms with van der Waals surface area (Å²) < 4.78 is 26.7. The molecule has 112 valence electrons. The topological polar surface area (TPSA) is 63.4 Å². The highest BCUT2D eigenvalue weighted by molar-refractivity contribution is 7.89. The van der Waals surface area contributed by atoms with Crippen molar-refractivity contribution in [2.75, 3.05) is 12.3 Å². The van der Waals surface area contributed by atoms with E-state index in [0.717, 1.165) is 5.56 Å². The van der Waals surface area contributed by atoms with Gasteiger partial charge in [0.1, 0.15) is 0 Å². The van der Waals surface area contributed by atoms with Gasteiger partial charge in [-0.1, -0.05) is 36.7 Å². The minimum Gasteiger partial charge on any atom is -0.398 e. The molecular weight excluding hydrogens is 308 g/mol. The lowest BCUT2D eigenvalue weighted by atomic mass is 10.2. The van der Waals surface area contributed by atoms with E-state index in [0.29, 0.717) is 17.3 Å². The first kappa shape index (κ1) is 15.8. The summed E-state index contributed by atoms with van der Waals surface area (Å²) in [5.41, 5.74) is 7.26. The maximum atomic E-state index is 12.6. The van der Waals surface area contributed by atoms with Crippen LogP contribution in [0.15, 0.2) is 53.4 Å². The molecule has 2 rings (SSSR count). The Morgan fingerprint density at radius 3 is 2.29 bits per heavy atom. The van der Waals surface area contributed by atoms with E-state index >= 15 is 0 Å². The molecule has 6 heteroatoms. The molecule has 21 heavy (non-hydrogen) atoms. The van der Waals surface area contributed by atoms with E-state index in [9.17, 15) is 8.42 Å². The van der Waals surface area contributed by atoms with Gasteiger partial charge in [0.15, 0.2) is 0 Å². The summed E-state index contributed by atoms with van der Waals surface area (Å²) in [4.78, 5) is 0.225. The number of halogens is 1. The van der Waals surface area contributed by atoms with Gasteiger partial charge in [-0.3, -0.25) is 0 Å². The molecule has 0 unspecified atom stereocenters. The van der Waals surface area contributed by atoms with Crippen molar-refractivity contribution in [3.8, 4) is 0 Å². The molecule has 2 aromatic carbocycles. The maximum absolute atomic E-state index is 12.6. The summed E-state index contributed by atoms with van der Waals surface area (Å²) in [6, 6.07) is 13.4. The molecule has 0 heterocycles. The number of rotatable bonds is 5. The first-order chi connectivity index (χ1) is 9.95. The fraction of sp³-hybridized carbons (Fsp3) is 0.200. The highest BCUT2D eigenvalue weighted by Crippen LogP contribution is 2.22. The Labute approximate surface area is 130 Å². The molecule has 0 bridgehead atoms. The number of hydrogen-bond acceptors (Lipinski definition) is 3. The second-order valence-corrected chi connectivity index (χ2v) is 6.96. The number of nitrogens with zero attached hydrogens (tertiary/aromatic N) is 1. The molecule has 4 nitrogen and oxygen atoms in total. The number of benzene rings is 2. The van der Waals surface area contributed by atoms with E-state index in [1.54, 1.807) is 25.1 Å². The number of para-hydroxylation sites is 1. The van der Waals surface area contributed by atoms with E-state index in [1.165, 1.54) is 16.4 Å². The van der Waals surface area contributed by atoms with E-state index < -0.39 is 10.0 Å². The SMILES string of the molecule is CCN(Cc1ccccc1N)S(=O)(=O)c1ccc(Cl)cc1. The van der Waals surface area contributed by atoms with E-state index in [1.807, 2.05) is 18.2 Å². The minimum absolute atomic E-state index is 0.225. The van der Waals surface area contributed by atoms with Crippen molar-refractivity contribution in [3.63, 3.8) is 0 Å². The van der Waals surface area contributed by atoms with Crippen molar-refractivity contribution in [1.82, 2.24) is 4.31 Å². The highest BCUT2D eigenvalue weighted by Gasteiger charge is 2.23. The highest BCUT2D eigenvalue weighted by atomic mass is 35.5. The van der Waals surface area contributed by atoms with Gasteiger partial charge >= 0.3 is 0 Å². The first-order valence-corrected chi connectivity index (χ1v) is 8.36. The summed E-state index contributed by atoms with van der Waals surface area (Å²) in [7, 11) is -3.56. The molecule has 0 aromatic heterocycles. The molecule has 0 saturated carbocycles. The van der Waals surface area contributed by atoms with Crippen LogP contribution in [-0.2, 0) is 16.6 Å². The van der Waals surface area contributed by atoms with Crippen LogP contribution in [0.2, 0.25) is 5.02 Å². The Morgan fingerprint density at radius 1 is 1.10 bits per heavy atom. The number of nitrogens with two attached hydrogens (primary N) is 1. The lowest BCUT2D eigenvalue weighted by Crippen LogP contribution is -2.30. The summed E-state index contributed by atoms with van der Waals surface area (Å²) in [5.74, 6) is 0. The molecule has 0 fully saturated rings. The second kappa shape index (κ2) is 6.47. The van der Waals surface area contributed by atoms with Crippen LogP contribution in [0.5, 0.6) is 0 Å². The summed E-state index contributed by atoms with van der Waals surface area (Å²) >= 11 is 5.80. The molecule has 0 aliphatic carbocycles. The second-order valence-electron chi connectivity index (χ2n) is 4.58. The van der Waals surface area contributed by atoms with Crippen LogP contribution in [0.1, 0.15) is 12.5 Å². The van der Waals surface area contributed by atoms with E-state index in [-0.39, 0.29) is 11.4 Å². The Bertz CT molecular complexity index is 715. The number of nitrogen functional groups attached to an aromatic ring is 1. The quantitative estimate of drug-likeness (QED) is 0.859. The van der Waals surface area contributed by atoms with Gasteiger partial charge in [-0.2, -0.15) is 4.31 Å². The lowest BCUT2D eigenvalue weighted by molar-refractivity contribution is 0.424. The Kier molecular flexibility index (Phi) is 4.88. The first-order valence-electron chi connectivity index (χ1n) is 6.54. The predicted molar refractivity (Wildman–Crippen MR) is 85.6 cm³/mol. The van der Waals surface area contributed by atoms with Crippen molar-refractivity contribution in [2.24, 2.45) is 0 Å². The van der Waals surface area contributed by atoms with Gasteiger partial charge in [-0.25, -0.2) is 8.42 Å². The number of sulfonamides is 1. The Balaban J connectivity index is 2.32. The zero-order chi connectivity index (χ0) is 15.5. The zero-order valence-electron chi connectivity index (χ0n) is 11.7. The van der Waals surface area contributed by atoms with Gasteiger partial charge in [0, 0.05) is 23.8 Å². The predicted octanol–water partition coefficient (Wildman–Crippen LogP) is 3.13. The van der Waals surface area contributed by atoms with Crippen LogP contribution in [0.4, 0.5) is 5.69 Å². The maximum Gasteiger partial charge on any atom is 0.243 e. The molecule has 0 aliphatic rings. The van der Waals surface area contributed by atoms with Crippen LogP contribution in [0.3, 0.4) is 0 Å². The zero-order valence-corrected chi connectivity index (χ0v) is 13.2. The van der Waals surface area contributed by atoms with Gasteiger partial charge < -0.3 is 5.73 Å². The van der Waals surface area contributed by atoms with Gasteiger partial charge in [0.25, 0.3) is 0 Å². The van der Waals surface area contributed by atoms with Gasteiger partial charge in [0.2, 0.25) is 10.0 Å².